The number of aliphatic hydroxyl groups is 2. The van der Waals surface area contributed by atoms with Crippen LogP contribution in [0.5, 0.6) is 0 Å². The van der Waals surface area contributed by atoms with Crippen LogP contribution in [0.3, 0.4) is 0 Å². The Morgan fingerprint density at radius 1 is 0.917 bits per heavy atom. The zero-order chi connectivity index (χ0) is 16.7. The molecular weight excluding hydrogens is 304 g/mol. The molecule has 1 aromatic rings. The van der Waals surface area contributed by atoms with Gasteiger partial charge in [0.05, 0.1) is 12.1 Å². The summed E-state index contributed by atoms with van der Waals surface area (Å²) in [5.74, 6) is 0. The lowest BCUT2D eigenvalue weighted by atomic mass is 9.91. The molecule has 0 spiro atoms. The molecule has 0 radical (unpaired) electrons. The summed E-state index contributed by atoms with van der Waals surface area (Å²) >= 11 is 0. The average Bonchev–Trinajstić information content (AvgIpc) is 2.90. The van der Waals surface area contributed by atoms with Crippen LogP contribution < -0.4 is 9.55 Å². The number of nitrogens with zero attached hydrogens (tertiary/aromatic N) is 2. The molecule has 24 heavy (non-hydrogen) atoms. The summed E-state index contributed by atoms with van der Waals surface area (Å²) in [6.45, 7) is 0.322. The second-order valence-corrected chi connectivity index (χ2v) is 7.73. The molecule has 2 fully saturated rings. The van der Waals surface area contributed by atoms with Crippen LogP contribution in [0.25, 0.3) is 0 Å². The molecule has 0 saturated heterocycles. The van der Waals surface area contributed by atoms with E-state index in [0.29, 0.717) is 6.67 Å². The second-order valence-electron chi connectivity index (χ2n) is 7.73. The number of rotatable bonds is 2. The number of hydrogen-bond acceptors (Lipinski definition) is 4. The fourth-order valence-corrected chi connectivity index (χ4v) is 5.01. The molecule has 4 rings (SSSR count). The monoisotopic (exact) mass is 332 g/mol. The van der Waals surface area contributed by atoms with Crippen LogP contribution in [-0.4, -0.2) is 41.2 Å². The van der Waals surface area contributed by atoms with E-state index in [2.05, 4.69) is 4.90 Å². The summed E-state index contributed by atoms with van der Waals surface area (Å²) in [5, 5.41) is 34.9. The van der Waals surface area contributed by atoms with Gasteiger partial charge in [0.2, 0.25) is 0 Å². The van der Waals surface area contributed by atoms with E-state index in [4.69, 9.17) is 0 Å². The normalized spacial score (nSPS) is 39.7. The fourth-order valence-electron chi connectivity index (χ4n) is 5.01. The summed E-state index contributed by atoms with van der Waals surface area (Å²) in [7, 11) is 0. The van der Waals surface area contributed by atoms with E-state index in [-0.39, 0.29) is 18.2 Å². The fraction of sp³-hybridized carbons (Fsp3) is 0.684. The van der Waals surface area contributed by atoms with Gasteiger partial charge in [0.25, 0.3) is 0 Å². The zero-order valence-electron chi connectivity index (χ0n) is 14.2. The van der Waals surface area contributed by atoms with Crippen molar-refractivity contribution in [3.63, 3.8) is 0 Å². The van der Waals surface area contributed by atoms with Gasteiger partial charge in [0.1, 0.15) is 17.8 Å². The van der Waals surface area contributed by atoms with Crippen molar-refractivity contribution >= 4 is 11.4 Å². The number of para-hydroxylation sites is 2. The van der Waals surface area contributed by atoms with Gasteiger partial charge in [0, 0.05) is 12.5 Å². The van der Waals surface area contributed by atoms with E-state index in [1.165, 1.54) is 0 Å². The molecule has 2 aliphatic carbocycles. The Bertz CT molecular complexity index is 596. The maximum Gasteiger partial charge on any atom is 0.159 e. The van der Waals surface area contributed by atoms with Crippen LogP contribution in [0, 0.1) is 5.21 Å². The molecule has 132 valence electrons. The van der Waals surface area contributed by atoms with Crippen molar-refractivity contribution in [2.24, 2.45) is 0 Å². The molecule has 1 aliphatic heterocycles. The summed E-state index contributed by atoms with van der Waals surface area (Å²) in [6, 6.07) is 7.54. The molecule has 5 heteroatoms. The third-order valence-electron chi connectivity index (χ3n) is 6.29. The highest BCUT2D eigenvalue weighted by atomic mass is 16.6. The Kier molecular flexibility index (Phi) is 4.29. The van der Waals surface area contributed by atoms with Crippen molar-refractivity contribution in [3.05, 3.63) is 29.5 Å². The van der Waals surface area contributed by atoms with Gasteiger partial charge in [-0.3, -0.25) is 0 Å². The highest BCUT2D eigenvalue weighted by Crippen LogP contribution is 2.47. The van der Waals surface area contributed by atoms with Crippen LogP contribution >= 0.6 is 0 Å². The summed E-state index contributed by atoms with van der Waals surface area (Å²) in [4.78, 5) is 2.13. The van der Waals surface area contributed by atoms with Crippen molar-refractivity contribution in [1.82, 2.24) is 4.65 Å². The first-order chi connectivity index (χ1) is 11.6. The third kappa shape index (κ3) is 2.54. The van der Waals surface area contributed by atoms with Gasteiger partial charge in [-0.15, -0.1) is 0 Å². The van der Waals surface area contributed by atoms with Crippen molar-refractivity contribution in [3.8, 4) is 0 Å². The third-order valence-corrected chi connectivity index (χ3v) is 6.29. The van der Waals surface area contributed by atoms with Crippen molar-refractivity contribution in [2.75, 3.05) is 11.6 Å². The minimum absolute atomic E-state index is 0.0228. The van der Waals surface area contributed by atoms with Crippen molar-refractivity contribution < 1.29 is 10.2 Å². The number of anilines is 1. The molecule has 0 aromatic heterocycles. The minimum atomic E-state index is -0.527. The Labute approximate surface area is 143 Å². The molecule has 2 saturated carbocycles. The van der Waals surface area contributed by atoms with E-state index in [1.807, 2.05) is 24.3 Å². The first kappa shape index (κ1) is 16.3. The minimum Gasteiger partial charge on any atom is -0.626 e. The highest BCUT2D eigenvalue weighted by molar-refractivity contribution is 5.75. The molecule has 5 unspecified atom stereocenters. The predicted octanol–water partition coefficient (Wildman–Crippen LogP) is 2.88. The largest absolute Gasteiger partial charge is 0.626 e. The number of quaternary nitrogens is 1. The molecule has 0 bridgehead atoms. The van der Waals surface area contributed by atoms with E-state index < -0.39 is 10.8 Å². The Balaban J connectivity index is 1.70. The van der Waals surface area contributed by atoms with Crippen LogP contribution in [0.4, 0.5) is 11.4 Å². The maximum atomic E-state index is 13.9. The Morgan fingerprint density at radius 3 is 2.33 bits per heavy atom. The molecular formula is C19H28N2O3. The van der Waals surface area contributed by atoms with Gasteiger partial charge in [-0.25, -0.2) is 0 Å². The van der Waals surface area contributed by atoms with Gasteiger partial charge < -0.3 is 25.0 Å². The smallest absolute Gasteiger partial charge is 0.159 e. The lowest BCUT2D eigenvalue weighted by Gasteiger charge is -2.49. The molecule has 1 aromatic carbocycles. The molecule has 5 nitrogen and oxygen atoms in total. The summed E-state index contributed by atoms with van der Waals surface area (Å²) in [6.07, 6.45) is 6.54. The van der Waals surface area contributed by atoms with E-state index in [0.717, 1.165) is 62.7 Å². The first-order valence-corrected chi connectivity index (χ1v) is 9.42. The van der Waals surface area contributed by atoms with Crippen molar-refractivity contribution in [2.45, 2.75) is 75.7 Å². The van der Waals surface area contributed by atoms with Crippen LogP contribution in [0.1, 0.15) is 51.4 Å². The van der Waals surface area contributed by atoms with Crippen LogP contribution in [0.15, 0.2) is 24.3 Å². The quantitative estimate of drug-likeness (QED) is 0.645. The number of benzene rings is 1. The highest BCUT2D eigenvalue weighted by Gasteiger charge is 2.48. The number of hydrogen-bond donors (Lipinski definition) is 2. The van der Waals surface area contributed by atoms with Gasteiger partial charge in [0.15, 0.2) is 12.4 Å². The number of hydroxylamine groups is 2. The SMILES string of the molecule is [O-][N+]1(C2CCCCC2O)CN(C2CCCCC2O)c2ccccc21. The predicted molar refractivity (Wildman–Crippen MR) is 95.5 cm³/mol. The van der Waals surface area contributed by atoms with Gasteiger partial charge in [-0.2, -0.15) is 0 Å². The van der Waals surface area contributed by atoms with E-state index >= 15 is 0 Å². The second kappa shape index (κ2) is 6.30. The van der Waals surface area contributed by atoms with Gasteiger partial charge >= 0.3 is 0 Å². The average molecular weight is 332 g/mol. The standard InChI is InChI=1S/C19H28N2O3/c22-18-11-5-2-8-15(18)20-13-21(24,16-9-3-1-7-14(16)20)17-10-4-6-12-19(17)23/h1,3,7,9,15,17-19,22-23H,2,4-6,8,10-13H2. The van der Waals surface area contributed by atoms with Crippen molar-refractivity contribution in [1.29, 1.82) is 0 Å². The van der Waals surface area contributed by atoms with Crippen LogP contribution in [-0.2, 0) is 0 Å². The molecule has 5 atom stereocenters. The number of aliphatic hydroxyl groups excluding tert-OH is 2. The molecule has 3 aliphatic rings. The Morgan fingerprint density at radius 2 is 1.58 bits per heavy atom. The van der Waals surface area contributed by atoms with Crippen LogP contribution in [0.2, 0.25) is 0 Å². The lowest BCUT2D eigenvalue weighted by Crippen LogP contribution is -2.60. The molecule has 2 N–H and O–H groups in total. The lowest BCUT2D eigenvalue weighted by molar-refractivity contribution is 0.0435. The van der Waals surface area contributed by atoms with Gasteiger partial charge in [-0.1, -0.05) is 31.4 Å². The number of fused-ring (bicyclic) bond motifs is 1. The molecule has 0 amide bonds. The topological polar surface area (TPSA) is 66.8 Å². The summed E-state index contributed by atoms with van der Waals surface area (Å²) in [5.41, 5.74) is 1.72. The zero-order valence-corrected chi connectivity index (χ0v) is 14.2. The van der Waals surface area contributed by atoms with Gasteiger partial charge in [-0.05, 0) is 31.7 Å². The van der Waals surface area contributed by atoms with E-state index in [1.54, 1.807) is 0 Å². The molecule has 1 heterocycles. The maximum absolute atomic E-state index is 13.9. The first-order valence-electron chi connectivity index (χ1n) is 9.42. The summed E-state index contributed by atoms with van der Waals surface area (Å²) < 4.78 is -0.458. The Hall–Kier alpha value is -1.14. The van der Waals surface area contributed by atoms with E-state index in [9.17, 15) is 15.4 Å².